The molecule has 0 aliphatic carbocycles. The Morgan fingerprint density at radius 1 is 0.678 bits per heavy atom. The summed E-state index contributed by atoms with van der Waals surface area (Å²) in [5.41, 5.74) is 10.8. The highest BCUT2D eigenvalue weighted by Crippen LogP contribution is 2.40. The predicted molar refractivity (Wildman–Crippen MR) is 234 cm³/mol. The van der Waals surface area contributed by atoms with E-state index in [9.17, 15) is 17.6 Å². The monoisotopic (exact) mass is 804 g/mol. The van der Waals surface area contributed by atoms with Crippen LogP contribution in [0.1, 0.15) is 75.1 Å². The molecule has 0 spiro atoms. The molecular weight excluding hydrogens is 751 g/mol. The van der Waals surface area contributed by atoms with Gasteiger partial charge in [0.1, 0.15) is 31.4 Å². The molecule has 2 unspecified atom stereocenters. The van der Waals surface area contributed by atoms with Gasteiger partial charge in [-0.3, -0.25) is 0 Å². The maximum atomic E-state index is 14.6. The van der Waals surface area contributed by atoms with E-state index in [-0.39, 0.29) is 10.8 Å². The van der Waals surface area contributed by atoms with E-state index < -0.39 is 46.2 Å². The van der Waals surface area contributed by atoms with Crippen molar-refractivity contribution in [3.8, 4) is 28.1 Å². The molecule has 2 heterocycles. The molecular formula is C49H53BF4N2O3. The second kappa shape index (κ2) is 18.4. The lowest BCUT2D eigenvalue weighted by atomic mass is 9.86. The summed E-state index contributed by atoms with van der Waals surface area (Å²) in [6, 6.07) is 34.1. The van der Waals surface area contributed by atoms with Gasteiger partial charge in [-0.1, -0.05) is 120 Å². The number of hydrogen-bond donors (Lipinski definition) is 0. The zero-order valence-corrected chi connectivity index (χ0v) is 35.2. The van der Waals surface area contributed by atoms with Crippen LogP contribution in [0, 0.1) is 6.92 Å². The number of ether oxygens (including phenoxy) is 1. The minimum Gasteiger partial charge on any atom is -0.497 e. The summed E-state index contributed by atoms with van der Waals surface area (Å²) in [5, 5.41) is 0. The van der Waals surface area contributed by atoms with E-state index in [1.807, 2.05) is 67.6 Å². The molecule has 10 heteroatoms. The first-order valence-corrected chi connectivity index (χ1v) is 19.9. The number of methoxy groups -OCH3 is 1. The van der Waals surface area contributed by atoms with E-state index in [1.165, 1.54) is 5.56 Å². The van der Waals surface area contributed by atoms with E-state index in [0.717, 1.165) is 44.7 Å². The van der Waals surface area contributed by atoms with Gasteiger partial charge in [-0.05, 0) is 88.1 Å². The first-order chi connectivity index (χ1) is 28.1. The molecule has 0 bridgehead atoms. The van der Waals surface area contributed by atoms with E-state index >= 15 is 0 Å². The predicted octanol–water partition coefficient (Wildman–Crippen LogP) is 12.1. The average molecular weight is 805 g/mol. The van der Waals surface area contributed by atoms with Crippen LogP contribution < -0.4 is 4.74 Å². The van der Waals surface area contributed by atoms with Crippen molar-refractivity contribution in [2.24, 2.45) is 4.99 Å². The summed E-state index contributed by atoms with van der Waals surface area (Å²) < 4.78 is 75.5. The van der Waals surface area contributed by atoms with Crippen LogP contribution in [-0.4, -0.2) is 63.5 Å². The van der Waals surface area contributed by atoms with Crippen LogP contribution in [0.4, 0.5) is 17.6 Å². The Labute approximate surface area is 346 Å². The molecule has 0 N–H and O–H groups in total. The normalized spacial score (nSPS) is 14.9. The van der Waals surface area contributed by atoms with E-state index in [0.29, 0.717) is 28.4 Å². The molecule has 0 saturated carbocycles. The maximum absolute atomic E-state index is 14.6. The van der Waals surface area contributed by atoms with Gasteiger partial charge in [-0.25, -0.2) is 22.6 Å². The number of nitrogens with zero attached hydrogens (tertiary/aromatic N) is 2. The zero-order chi connectivity index (χ0) is 42.5. The summed E-state index contributed by atoms with van der Waals surface area (Å²) >= 11 is 0. The van der Waals surface area contributed by atoms with Gasteiger partial charge < -0.3 is 18.5 Å². The molecule has 59 heavy (non-hydrogen) atoms. The molecule has 1 aliphatic rings. The Balaban J connectivity index is 1.66. The highest BCUT2D eigenvalue weighted by Gasteiger charge is 2.33. The number of allylic oxidation sites excluding steroid dienone is 2. The lowest BCUT2D eigenvalue weighted by Gasteiger charge is -2.22. The molecule has 6 rings (SSSR count). The minimum atomic E-state index is -1.98. The van der Waals surface area contributed by atoms with Crippen molar-refractivity contribution in [3.63, 3.8) is 0 Å². The van der Waals surface area contributed by atoms with Gasteiger partial charge in [0.05, 0.1) is 31.7 Å². The molecule has 1 aliphatic heterocycles. The number of halogens is 4. The smallest absolute Gasteiger partial charge is 0.497 e. The SMILES string of the molecule is COc1ccc(-c2cc(-c3ccc(C(C)(C)C)cc3)c(/C=C3\N=C(c4ccc(C)cc4)C=C3c3ccc(C(C)(C)C)cc3)n2B(OCC(F)CF)OCC(F)CF)cc1. The second-order valence-corrected chi connectivity index (χ2v) is 17.0. The van der Waals surface area contributed by atoms with Crippen molar-refractivity contribution >= 4 is 24.6 Å². The van der Waals surface area contributed by atoms with Gasteiger partial charge in [0.15, 0.2) is 0 Å². The van der Waals surface area contributed by atoms with Crippen LogP contribution in [0.3, 0.4) is 0 Å². The Hall–Kier alpha value is -5.19. The van der Waals surface area contributed by atoms with Crippen molar-refractivity contribution in [1.29, 1.82) is 0 Å². The molecule has 0 radical (unpaired) electrons. The van der Waals surface area contributed by atoms with Gasteiger partial charge >= 0.3 is 7.25 Å². The highest BCUT2D eigenvalue weighted by molar-refractivity contribution is 6.44. The number of aryl methyl sites for hydroxylation is 1. The first kappa shape index (κ1) is 43.4. The Morgan fingerprint density at radius 2 is 1.17 bits per heavy atom. The molecule has 1 aromatic heterocycles. The molecule has 0 amide bonds. The standard InChI is InChI=1S/C49H53BF4N2O3/c1-32-9-11-35(12-10-32)44-25-42(33-13-19-37(20-14-33)48(2,3)4)45(55-44)27-47-43(34-15-21-38(22-16-34)49(5,6)7)26-46(36-17-23-41(57-8)24-18-36)56(47)50(58-30-39(53)28-51)59-31-40(54)29-52/h9-27,39-40H,28-31H2,1-8H3/b45-27-. The lowest BCUT2D eigenvalue weighted by molar-refractivity contribution is 0.0997. The fourth-order valence-corrected chi connectivity index (χ4v) is 6.86. The third-order valence-electron chi connectivity index (χ3n) is 10.4. The van der Waals surface area contributed by atoms with Crippen LogP contribution in [0.25, 0.3) is 34.0 Å². The number of alkyl halides is 4. The highest BCUT2D eigenvalue weighted by atomic mass is 19.2. The van der Waals surface area contributed by atoms with Crippen molar-refractivity contribution in [2.75, 3.05) is 33.7 Å². The van der Waals surface area contributed by atoms with Crippen molar-refractivity contribution in [2.45, 2.75) is 71.6 Å². The summed E-state index contributed by atoms with van der Waals surface area (Å²) in [6.07, 6.45) is 0.0367. The first-order valence-electron chi connectivity index (χ1n) is 19.9. The van der Waals surface area contributed by atoms with Gasteiger partial charge in [0.25, 0.3) is 0 Å². The van der Waals surface area contributed by atoms with Crippen molar-refractivity contribution in [3.05, 3.63) is 148 Å². The number of aliphatic imine (C=N–C) groups is 1. The molecule has 308 valence electrons. The average Bonchev–Trinajstić information content (AvgIpc) is 3.82. The number of rotatable bonds is 15. The second-order valence-electron chi connectivity index (χ2n) is 17.0. The number of hydrogen-bond acceptors (Lipinski definition) is 4. The van der Waals surface area contributed by atoms with Crippen LogP contribution in [0.15, 0.2) is 120 Å². The minimum absolute atomic E-state index is 0.0580. The quantitative estimate of drug-likeness (QED) is 0.0782. The number of benzene rings is 4. The molecule has 2 atom stereocenters. The maximum Gasteiger partial charge on any atom is 0.598 e. The Kier molecular flexibility index (Phi) is 13.5. The third-order valence-corrected chi connectivity index (χ3v) is 10.4. The summed E-state index contributed by atoms with van der Waals surface area (Å²) in [7, 11) is 0.0706. The topological polar surface area (TPSA) is 45.0 Å². The fourth-order valence-electron chi connectivity index (χ4n) is 6.86. The van der Waals surface area contributed by atoms with Crippen LogP contribution >= 0.6 is 0 Å². The van der Waals surface area contributed by atoms with Gasteiger partial charge in [-0.2, -0.15) is 0 Å². The Morgan fingerprint density at radius 3 is 1.66 bits per heavy atom. The van der Waals surface area contributed by atoms with Gasteiger partial charge in [0, 0.05) is 28.1 Å². The van der Waals surface area contributed by atoms with Crippen LogP contribution in [0.2, 0.25) is 0 Å². The lowest BCUT2D eigenvalue weighted by Crippen LogP contribution is -2.38. The third kappa shape index (κ3) is 10.3. The van der Waals surface area contributed by atoms with Crippen molar-refractivity contribution in [1.82, 2.24) is 4.48 Å². The van der Waals surface area contributed by atoms with Crippen molar-refractivity contribution < 1.29 is 31.6 Å². The summed E-state index contributed by atoms with van der Waals surface area (Å²) in [5.74, 6) is 0.624. The largest absolute Gasteiger partial charge is 0.598 e. The molecule has 0 fully saturated rings. The molecule has 0 saturated heterocycles. The molecule has 4 aromatic carbocycles. The van der Waals surface area contributed by atoms with E-state index in [1.54, 1.807) is 23.7 Å². The van der Waals surface area contributed by atoms with Gasteiger partial charge in [-0.15, -0.1) is 0 Å². The van der Waals surface area contributed by atoms with E-state index in [4.69, 9.17) is 19.0 Å². The summed E-state index contributed by atoms with van der Waals surface area (Å²) in [6.45, 7) is 11.0. The number of aromatic nitrogens is 1. The molecule has 5 aromatic rings. The van der Waals surface area contributed by atoms with Gasteiger partial charge in [0.2, 0.25) is 0 Å². The van der Waals surface area contributed by atoms with Crippen LogP contribution in [0.5, 0.6) is 5.75 Å². The zero-order valence-electron chi connectivity index (χ0n) is 35.2. The summed E-state index contributed by atoms with van der Waals surface area (Å²) in [4.78, 5) is 5.23. The fraction of sp³-hybridized carbons (Fsp3) is 0.327. The Bertz CT molecular complexity index is 2270. The van der Waals surface area contributed by atoms with Crippen LogP contribution in [-0.2, 0) is 20.1 Å². The molecule has 5 nitrogen and oxygen atoms in total. The van der Waals surface area contributed by atoms with E-state index in [2.05, 4.69) is 84.0 Å².